The molecule has 3 unspecified atom stereocenters. The summed E-state index contributed by atoms with van der Waals surface area (Å²) in [6.45, 7) is 3.59. The molecule has 1 aliphatic rings. The topological polar surface area (TPSA) is 121 Å². The van der Waals surface area contributed by atoms with Gasteiger partial charge in [0.2, 0.25) is 0 Å². The molecule has 1 aromatic heterocycles. The molecule has 0 spiro atoms. The number of hydrogen-bond donors (Lipinski definition) is 1. The molecule has 9 nitrogen and oxygen atoms in total. The number of para-hydroxylation sites is 1. The second-order valence-corrected chi connectivity index (χ2v) is 9.27. The van der Waals surface area contributed by atoms with Crippen molar-refractivity contribution in [1.29, 1.82) is 0 Å². The van der Waals surface area contributed by atoms with Crippen molar-refractivity contribution in [3.05, 3.63) is 91.9 Å². The number of carbonyl (C=O) groups is 2. The summed E-state index contributed by atoms with van der Waals surface area (Å²) in [5.74, 6) is -1.96. The maximum absolute atomic E-state index is 13.8. The van der Waals surface area contributed by atoms with Crippen molar-refractivity contribution in [2.75, 3.05) is 14.2 Å². The molecular weight excluding hydrogens is 482 g/mol. The Bertz CT molecular complexity index is 1350. The number of hydrogen-bond acceptors (Lipinski definition) is 9. The van der Waals surface area contributed by atoms with E-state index < -0.39 is 34.2 Å². The lowest BCUT2D eigenvalue weighted by atomic mass is 9.62. The van der Waals surface area contributed by atoms with Crippen molar-refractivity contribution in [2.45, 2.75) is 31.2 Å². The van der Waals surface area contributed by atoms with Crippen molar-refractivity contribution in [3.63, 3.8) is 0 Å². The summed E-state index contributed by atoms with van der Waals surface area (Å²) >= 11 is 1.19. The fraction of sp³-hybridized carbons (Fsp3) is 0.269. The number of aromatic nitrogens is 1. The van der Waals surface area contributed by atoms with Crippen LogP contribution < -0.4 is 5.32 Å². The Morgan fingerprint density at radius 2 is 1.75 bits per heavy atom. The predicted octanol–water partition coefficient (Wildman–Crippen LogP) is 4.35. The molecule has 186 valence electrons. The highest BCUT2D eigenvalue weighted by Gasteiger charge is 2.60. The quantitative estimate of drug-likeness (QED) is 0.297. The Morgan fingerprint density at radius 1 is 1.08 bits per heavy atom. The molecule has 0 saturated heterocycles. The average molecular weight is 508 g/mol. The van der Waals surface area contributed by atoms with Gasteiger partial charge in [0, 0.05) is 29.1 Å². The molecule has 0 fully saturated rings. The third-order valence-corrected chi connectivity index (χ3v) is 7.55. The molecule has 0 radical (unpaired) electrons. The van der Waals surface area contributed by atoms with E-state index >= 15 is 0 Å². The van der Waals surface area contributed by atoms with Crippen LogP contribution in [0.15, 0.2) is 71.2 Å². The molecule has 1 N–H and O–H groups in total. The number of carbonyl (C=O) groups excluding carboxylic acids is 2. The van der Waals surface area contributed by atoms with E-state index in [2.05, 4.69) is 5.32 Å². The van der Waals surface area contributed by atoms with E-state index in [9.17, 15) is 19.7 Å². The summed E-state index contributed by atoms with van der Waals surface area (Å²) < 4.78 is 10.5. The van der Waals surface area contributed by atoms with Gasteiger partial charge in [-0.2, -0.15) is 0 Å². The molecule has 2 aromatic carbocycles. The van der Waals surface area contributed by atoms with Crippen LogP contribution in [0.2, 0.25) is 0 Å². The average Bonchev–Trinajstić information content (AvgIpc) is 3.38. The second kappa shape index (κ2) is 9.90. The number of benzene rings is 2. The normalized spacial score (nSPS) is 21.4. The number of methoxy groups -OCH3 is 2. The minimum Gasteiger partial charge on any atom is -0.468 e. The monoisotopic (exact) mass is 507 g/mol. The van der Waals surface area contributed by atoms with Crippen LogP contribution in [0.5, 0.6) is 0 Å². The van der Waals surface area contributed by atoms with Gasteiger partial charge < -0.3 is 14.8 Å². The van der Waals surface area contributed by atoms with Crippen molar-refractivity contribution in [3.8, 4) is 11.3 Å². The van der Waals surface area contributed by atoms with E-state index in [1.54, 1.807) is 30.5 Å². The highest BCUT2D eigenvalue weighted by Crippen LogP contribution is 2.52. The third kappa shape index (κ3) is 3.93. The molecule has 1 aliphatic heterocycles. The Labute approximate surface area is 211 Å². The van der Waals surface area contributed by atoms with E-state index in [1.165, 1.54) is 31.6 Å². The summed E-state index contributed by atoms with van der Waals surface area (Å²) in [6, 6.07) is 14.9. The van der Waals surface area contributed by atoms with Gasteiger partial charge in [-0.05, 0) is 25.5 Å². The molecule has 0 aliphatic carbocycles. The number of nitro groups is 1. The Hall–Kier alpha value is -4.05. The number of thiazole rings is 1. The molecule has 0 saturated carbocycles. The van der Waals surface area contributed by atoms with Crippen molar-refractivity contribution < 1.29 is 24.0 Å². The maximum atomic E-state index is 13.8. The van der Waals surface area contributed by atoms with E-state index in [0.29, 0.717) is 27.5 Å². The van der Waals surface area contributed by atoms with Crippen LogP contribution >= 0.6 is 11.3 Å². The first-order valence-electron chi connectivity index (χ1n) is 11.2. The number of nitro benzene ring substituents is 1. The van der Waals surface area contributed by atoms with Crippen LogP contribution in [0.1, 0.15) is 30.3 Å². The summed E-state index contributed by atoms with van der Waals surface area (Å²) in [4.78, 5) is 42.8. The minimum absolute atomic E-state index is 0.0955. The van der Waals surface area contributed by atoms with Gasteiger partial charge in [0.25, 0.3) is 5.69 Å². The first-order valence-corrected chi connectivity index (χ1v) is 12.0. The van der Waals surface area contributed by atoms with Gasteiger partial charge in [0.05, 0.1) is 36.0 Å². The highest BCUT2D eigenvalue weighted by molar-refractivity contribution is 7.10. The molecule has 0 bridgehead atoms. The SMILES string of the molecule is COC(=O)C1=C(C)NC(C)C(C(=O)OC)(c2nc(-c3ccccc3[N+](=O)[O-])cs2)C1c1ccccc1. The van der Waals surface area contributed by atoms with Crippen molar-refractivity contribution in [2.24, 2.45) is 0 Å². The minimum atomic E-state index is -1.47. The van der Waals surface area contributed by atoms with Gasteiger partial charge in [-0.3, -0.25) is 14.9 Å². The molecule has 3 atom stereocenters. The number of esters is 2. The highest BCUT2D eigenvalue weighted by atomic mass is 32.1. The first kappa shape index (κ1) is 25.1. The molecule has 10 heteroatoms. The number of nitrogens with zero attached hydrogens (tertiary/aromatic N) is 2. The lowest BCUT2D eigenvalue weighted by molar-refractivity contribution is -0.384. The van der Waals surface area contributed by atoms with Gasteiger partial charge in [0.1, 0.15) is 5.01 Å². The van der Waals surface area contributed by atoms with E-state index in [-0.39, 0.29) is 11.3 Å². The van der Waals surface area contributed by atoms with Crippen LogP contribution in [-0.4, -0.2) is 42.1 Å². The summed E-state index contributed by atoms with van der Waals surface area (Å²) in [6.07, 6.45) is 0. The summed E-state index contributed by atoms with van der Waals surface area (Å²) in [5.41, 5.74) is 0.701. The standard InChI is InChI=1S/C26H25N3O6S/c1-15-21(23(30)34-3)22(17-10-6-5-7-11-17)26(16(2)27-15,25(31)35-4)24-28-19(14-36-24)18-12-8-9-13-20(18)29(32)33/h5-14,16,22,27H,1-4H3. The van der Waals surface area contributed by atoms with Crippen LogP contribution in [0.25, 0.3) is 11.3 Å². The number of rotatable bonds is 6. The fourth-order valence-electron chi connectivity index (χ4n) is 4.96. The Kier molecular flexibility index (Phi) is 6.89. The fourth-order valence-corrected chi connectivity index (χ4v) is 6.09. The van der Waals surface area contributed by atoms with Gasteiger partial charge in [-0.15, -0.1) is 11.3 Å². The van der Waals surface area contributed by atoms with Gasteiger partial charge in [0.15, 0.2) is 5.41 Å². The molecule has 4 rings (SSSR count). The Morgan fingerprint density at radius 3 is 2.39 bits per heavy atom. The van der Waals surface area contributed by atoms with Crippen LogP contribution in [-0.2, 0) is 24.5 Å². The second-order valence-electron chi connectivity index (χ2n) is 8.41. The summed E-state index contributed by atoms with van der Waals surface area (Å²) in [5, 5.41) is 16.9. The van der Waals surface area contributed by atoms with Crippen LogP contribution in [0.4, 0.5) is 5.69 Å². The predicted molar refractivity (Wildman–Crippen MR) is 134 cm³/mol. The molecule has 2 heterocycles. The zero-order valence-electron chi connectivity index (χ0n) is 20.2. The zero-order chi connectivity index (χ0) is 26.0. The first-order chi connectivity index (χ1) is 17.3. The van der Waals surface area contributed by atoms with Crippen LogP contribution in [0.3, 0.4) is 0 Å². The summed E-state index contributed by atoms with van der Waals surface area (Å²) in [7, 11) is 2.58. The lowest BCUT2D eigenvalue weighted by Gasteiger charge is -2.46. The maximum Gasteiger partial charge on any atom is 0.336 e. The van der Waals surface area contributed by atoms with Gasteiger partial charge in [-0.1, -0.05) is 42.5 Å². The largest absolute Gasteiger partial charge is 0.468 e. The van der Waals surface area contributed by atoms with Crippen molar-refractivity contribution in [1.82, 2.24) is 10.3 Å². The Balaban J connectivity index is 2.02. The smallest absolute Gasteiger partial charge is 0.336 e. The van der Waals surface area contributed by atoms with E-state index in [0.717, 1.165) is 0 Å². The molecule has 36 heavy (non-hydrogen) atoms. The van der Waals surface area contributed by atoms with E-state index in [4.69, 9.17) is 14.5 Å². The third-order valence-electron chi connectivity index (χ3n) is 6.56. The number of allylic oxidation sites excluding steroid dienone is 1. The van der Waals surface area contributed by atoms with Gasteiger partial charge >= 0.3 is 11.9 Å². The molecule has 0 amide bonds. The van der Waals surface area contributed by atoms with Crippen LogP contribution in [0, 0.1) is 10.1 Å². The van der Waals surface area contributed by atoms with E-state index in [1.807, 2.05) is 37.3 Å². The van der Waals surface area contributed by atoms with Crippen molar-refractivity contribution >= 4 is 29.0 Å². The molecular formula is C26H25N3O6S. The molecule has 3 aromatic rings. The number of ether oxygens (including phenoxy) is 2. The zero-order valence-corrected chi connectivity index (χ0v) is 21.0. The lowest BCUT2D eigenvalue weighted by Crippen LogP contribution is -2.60. The van der Waals surface area contributed by atoms with Gasteiger partial charge in [-0.25, -0.2) is 9.78 Å². The number of nitrogens with one attached hydrogen (secondary N) is 1.